The fourth-order valence-corrected chi connectivity index (χ4v) is 3.61. The molecule has 148 valence electrons. The molecular formula is C20H32O6. The van der Waals surface area contributed by atoms with E-state index in [0.717, 1.165) is 0 Å². The standard InChI is InChI=1S/2C10H16O3/c2*1-3-13-10(12)9-5-4-8(11)6-7(9)2/h2*7,9H,3-6H2,1-2H3/t2*7-,9-/m10/s1. The van der Waals surface area contributed by atoms with Gasteiger partial charge in [0.1, 0.15) is 11.6 Å². The molecule has 2 aliphatic carbocycles. The number of esters is 2. The van der Waals surface area contributed by atoms with Crippen LogP contribution in [-0.4, -0.2) is 36.7 Å². The van der Waals surface area contributed by atoms with Crippen LogP contribution in [0.3, 0.4) is 0 Å². The normalized spacial score (nSPS) is 28.6. The largest absolute Gasteiger partial charge is 0.466 e. The quantitative estimate of drug-likeness (QED) is 0.709. The van der Waals surface area contributed by atoms with Gasteiger partial charge >= 0.3 is 11.9 Å². The first kappa shape index (κ1) is 22.3. The molecule has 2 aliphatic rings. The van der Waals surface area contributed by atoms with Crippen molar-refractivity contribution in [1.82, 2.24) is 0 Å². The fourth-order valence-electron chi connectivity index (χ4n) is 3.61. The van der Waals surface area contributed by atoms with Crippen molar-refractivity contribution in [3.8, 4) is 0 Å². The molecule has 26 heavy (non-hydrogen) atoms. The molecule has 2 rings (SSSR count). The summed E-state index contributed by atoms with van der Waals surface area (Å²) in [6.07, 6.45) is 3.46. The van der Waals surface area contributed by atoms with E-state index in [2.05, 4.69) is 0 Å². The lowest BCUT2D eigenvalue weighted by Gasteiger charge is -2.25. The number of carbonyl (C=O) groups excluding carboxylic acids is 4. The summed E-state index contributed by atoms with van der Waals surface area (Å²) in [7, 11) is 0. The van der Waals surface area contributed by atoms with Gasteiger partial charge in [-0.1, -0.05) is 13.8 Å². The summed E-state index contributed by atoms with van der Waals surface area (Å²) >= 11 is 0. The zero-order valence-electron chi connectivity index (χ0n) is 16.4. The van der Waals surface area contributed by atoms with Gasteiger partial charge in [0.05, 0.1) is 25.0 Å². The topological polar surface area (TPSA) is 86.7 Å². The molecule has 0 N–H and O–H groups in total. The highest BCUT2D eigenvalue weighted by Gasteiger charge is 2.33. The van der Waals surface area contributed by atoms with Gasteiger partial charge in [-0.05, 0) is 38.5 Å². The van der Waals surface area contributed by atoms with E-state index in [-0.39, 0.29) is 47.2 Å². The Morgan fingerprint density at radius 1 is 0.808 bits per heavy atom. The maximum atomic E-state index is 11.4. The molecule has 0 unspecified atom stereocenters. The van der Waals surface area contributed by atoms with E-state index < -0.39 is 0 Å². The molecule has 4 atom stereocenters. The smallest absolute Gasteiger partial charge is 0.309 e. The number of ketones is 2. The van der Waals surface area contributed by atoms with E-state index in [1.807, 2.05) is 13.8 Å². The van der Waals surface area contributed by atoms with E-state index in [1.165, 1.54) is 0 Å². The highest BCUT2D eigenvalue weighted by atomic mass is 16.5. The van der Waals surface area contributed by atoms with E-state index in [1.54, 1.807) is 13.8 Å². The lowest BCUT2D eigenvalue weighted by Crippen LogP contribution is -2.30. The molecule has 0 amide bonds. The number of Topliss-reactive ketones (excluding diaryl/α,β-unsaturated/α-hetero) is 2. The van der Waals surface area contributed by atoms with Crippen LogP contribution < -0.4 is 0 Å². The van der Waals surface area contributed by atoms with E-state index >= 15 is 0 Å². The number of rotatable bonds is 4. The molecule has 0 spiro atoms. The van der Waals surface area contributed by atoms with Crippen molar-refractivity contribution in [2.45, 2.75) is 66.2 Å². The van der Waals surface area contributed by atoms with Crippen molar-refractivity contribution in [3.63, 3.8) is 0 Å². The van der Waals surface area contributed by atoms with Crippen LogP contribution in [-0.2, 0) is 28.7 Å². The minimum Gasteiger partial charge on any atom is -0.466 e. The number of hydrogen-bond donors (Lipinski definition) is 0. The van der Waals surface area contributed by atoms with Crippen LogP contribution in [0.5, 0.6) is 0 Å². The lowest BCUT2D eigenvalue weighted by molar-refractivity contribution is -0.153. The van der Waals surface area contributed by atoms with E-state index in [0.29, 0.717) is 51.7 Å². The van der Waals surface area contributed by atoms with Crippen molar-refractivity contribution in [2.75, 3.05) is 13.2 Å². The molecule has 2 saturated carbocycles. The van der Waals surface area contributed by atoms with Crippen molar-refractivity contribution in [2.24, 2.45) is 23.7 Å². The van der Waals surface area contributed by atoms with E-state index in [4.69, 9.17) is 9.47 Å². The third-order valence-corrected chi connectivity index (χ3v) is 5.12. The monoisotopic (exact) mass is 368 g/mol. The Balaban J connectivity index is 0.000000260. The predicted molar refractivity (Wildman–Crippen MR) is 96.3 cm³/mol. The maximum Gasteiger partial charge on any atom is 0.309 e. The van der Waals surface area contributed by atoms with Crippen molar-refractivity contribution in [1.29, 1.82) is 0 Å². The van der Waals surface area contributed by atoms with Gasteiger partial charge in [-0.2, -0.15) is 0 Å². The molecule has 0 aromatic carbocycles. The van der Waals surface area contributed by atoms with Gasteiger partial charge in [-0.15, -0.1) is 0 Å². The molecule has 0 radical (unpaired) electrons. The van der Waals surface area contributed by atoms with Gasteiger partial charge in [-0.3, -0.25) is 19.2 Å². The molecule has 0 saturated heterocycles. The van der Waals surface area contributed by atoms with Crippen LogP contribution >= 0.6 is 0 Å². The minimum atomic E-state index is -0.137. The van der Waals surface area contributed by atoms with Crippen molar-refractivity contribution < 1.29 is 28.7 Å². The molecule has 0 heterocycles. The van der Waals surface area contributed by atoms with Crippen LogP contribution in [0.4, 0.5) is 0 Å². The van der Waals surface area contributed by atoms with Crippen molar-refractivity contribution in [3.05, 3.63) is 0 Å². The molecule has 6 nitrogen and oxygen atoms in total. The molecule has 0 aromatic rings. The highest BCUT2D eigenvalue weighted by molar-refractivity contribution is 5.83. The Labute approximate surface area is 156 Å². The first-order valence-electron chi connectivity index (χ1n) is 9.66. The third kappa shape index (κ3) is 6.89. The minimum absolute atomic E-state index is 0.0577. The number of carbonyl (C=O) groups is 4. The molecule has 0 aromatic heterocycles. The zero-order chi connectivity index (χ0) is 19.7. The molecule has 0 aliphatic heterocycles. The fraction of sp³-hybridized carbons (Fsp3) is 0.800. The number of ether oxygens (including phenoxy) is 2. The third-order valence-electron chi connectivity index (χ3n) is 5.12. The van der Waals surface area contributed by atoms with Crippen LogP contribution in [0, 0.1) is 23.7 Å². The second-order valence-corrected chi connectivity index (χ2v) is 7.23. The summed E-state index contributed by atoms with van der Waals surface area (Å²) in [6, 6.07) is 0. The van der Waals surface area contributed by atoms with Gasteiger partial charge in [0.2, 0.25) is 0 Å². The Morgan fingerprint density at radius 2 is 1.15 bits per heavy atom. The average molecular weight is 368 g/mol. The van der Waals surface area contributed by atoms with Gasteiger partial charge in [0, 0.05) is 25.7 Å². The first-order chi connectivity index (χ1) is 12.3. The van der Waals surface area contributed by atoms with Crippen LogP contribution in [0.25, 0.3) is 0 Å². The summed E-state index contributed by atoms with van der Waals surface area (Å²) in [5.74, 6) is 0.460. The number of hydrogen-bond acceptors (Lipinski definition) is 6. The van der Waals surface area contributed by atoms with Gasteiger partial charge in [-0.25, -0.2) is 0 Å². The highest BCUT2D eigenvalue weighted by Crippen LogP contribution is 2.29. The lowest BCUT2D eigenvalue weighted by atomic mass is 9.80. The second kappa shape index (κ2) is 11.1. The molecule has 6 heteroatoms. The summed E-state index contributed by atoms with van der Waals surface area (Å²) in [6.45, 7) is 8.34. The zero-order valence-corrected chi connectivity index (χ0v) is 16.4. The molecular weight excluding hydrogens is 336 g/mol. The Hall–Kier alpha value is -1.72. The Morgan fingerprint density at radius 3 is 1.42 bits per heavy atom. The summed E-state index contributed by atoms with van der Waals surface area (Å²) in [5, 5.41) is 0. The molecule has 2 fully saturated rings. The Bertz CT molecular complexity index is 466. The molecule has 0 bridgehead atoms. The van der Waals surface area contributed by atoms with Gasteiger partial charge < -0.3 is 9.47 Å². The van der Waals surface area contributed by atoms with Crippen molar-refractivity contribution >= 4 is 23.5 Å². The SMILES string of the molecule is CCOC(=O)[C@@H]1CCC(=O)C[C@H]1C.CCOC(=O)[C@H]1CCC(=O)C[C@@H]1C. The predicted octanol–water partition coefficient (Wildman–Crippen LogP) is 3.11. The van der Waals surface area contributed by atoms with Gasteiger partial charge in [0.15, 0.2) is 0 Å². The van der Waals surface area contributed by atoms with Gasteiger partial charge in [0.25, 0.3) is 0 Å². The van der Waals surface area contributed by atoms with Crippen LogP contribution in [0.15, 0.2) is 0 Å². The average Bonchev–Trinajstić information content (AvgIpc) is 2.55. The summed E-state index contributed by atoms with van der Waals surface area (Å²) in [4.78, 5) is 44.9. The summed E-state index contributed by atoms with van der Waals surface area (Å²) in [5.41, 5.74) is 0. The van der Waals surface area contributed by atoms with E-state index in [9.17, 15) is 19.2 Å². The van der Waals surface area contributed by atoms with Crippen LogP contribution in [0.2, 0.25) is 0 Å². The Kier molecular flexibility index (Phi) is 9.52. The maximum absolute atomic E-state index is 11.4. The first-order valence-corrected chi connectivity index (χ1v) is 9.66. The second-order valence-electron chi connectivity index (χ2n) is 7.23. The van der Waals surface area contributed by atoms with Crippen LogP contribution in [0.1, 0.15) is 66.2 Å². The summed E-state index contributed by atoms with van der Waals surface area (Å²) < 4.78 is 9.87.